The fourth-order valence-electron chi connectivity index (χ4n) is 1.15. The number of aromatic nitrogens is 4. The molecule has 0 aliphatic rings. The molecule has 2 aromatic rings. The summed E-state index contributed by atoms with van der Waals surface area (Å²) in [5, 5.41) is 15.3. The maximum absolute atomic E-state index is 10.7. The first-order valence-electron chi connectivity index (χ1n) is 4.89. The predicted octanol–water partition coefficient (Wildman–Crippen LogP) is 1.43. The number of aromatic amines is 1. The van der Waals surface area contributed by atoms with Crippen LogP contribution in [0.25, 0.3) is 11.4 Å². The molecule has 0 aliphatic heterocycles. The van der Waals surface area contributed by atoms with Crippen LogP contribution in [0.4, 0.5) is 0 Å². The quantitative estimate of drug-likeness (QED) is 0.797. The van der Waals surface area contributed by atoms with E-state index < -0.39 is 11.2 Å². The Balaban J connectivity index is 2.14. The average Bonchev–Trinajstić information content (AvgIpc) is 2.78. The first-order chi connectivity index (χ1) is 8.16. The summed E-state index contributed by atoms with van der Waals surface area (Å²) in [5.41, 5.74) is 0.863. The van der Waals surface area contributed by atoms with Gasteiger partial charge in [-0.1, -0.05) is 11.8 Å². The third kappa shape index (κ3) is 2.82. The van der Waals surface area contributed by atoms with Gasteiger partial charge >= 0.3 is 5.97 Å². The molecule has 2 aromatic heterocycles. The summed E-state index contributed by atoms with van der Waals surface area (Å²) in [6.45, 7) is 1.59. The Morgan fingerprint density at radius 2 is 2.18 bits per heavy atom. The molecule has 2 heterocycles. The summed E-state index contributed by atoms with van der Waals surface area (Å²) in [5.74, 6) is -0.280. The minimum absolute atomic E-state index is 0.423. The molecule has 0 aliphatic carbocycles. The molecule has 1 unspecified atom stereocenters. The maximum atomic E-state index is 10.7. The minimum Gasteiger partial charge on any atom is -0.480 e. The van der Waals surface area contributed by atoms with Crippen LogP contribution in [0, 0.1) is 0 Å². The Kier molecular flexibility index (Phi) is 3.38. The van der Waals surface area contributed by atoms with Crippen molar-refractivity contribution in [2.45, 2.75) is 17.3 Å². The van der Waals surface area contributed by atoms with Crippen molar-refractivity contribution in [2.24, 2.45) is 0 Å². The van der Waals surface area contributed by atoms with Crippen LogP contribution < -0.4 is 0 Å². The van der Waals surface area contributed by atoms with Crippen molar-refractivity contribution in [3.8, 4) is 11.4 Å². The number of thioether (sulfide) groups is 1. The second-order valence-electron chi connectivity index (χ2n) is 3.30. The molecular formula is C10H10N4O2S. The first-order valence-corrected chi connectivity index (χ1v) is 5.77. The molecular weight excluding hydrogens is 240 g/mol. The van der Waals surface area contributed by atoms with Crippen molar-refractivity contribution >= 4 is 17.7 Å². The van der Waals surface area contributed by atoms with Crippen molar-refractivity contribution in [3.63, 3.8) is 0 Å². The number of pyridine rings is 1. The molecule has 0 fully saturated rings. The predicted molar refractivity (Wildman–Crippen MR) is 62.6 cm³/mol. The van der Waals surface area contributed by atoms with Gasteiger partial charge in [-0.2, -0.15) is 0 Å². The molecule has 0 amide bonds. The van der Waals surface area contributed by atoms with Crippen LogP contribution in [0.1, 0.15) is 6.92 Å². The SMILES string of the molecule is CC(Sc1n[nH]c(-c2ccncc2)n1)C(=O)O. The molecule has 2 rings (SSSR count). The highest BCUT2D eigenvalue weighted by Gasteiger charge is 2.15. The lowest BCUT2D eigenvalue weighted by Crippen LogP contribution is -2.11. The van der Waals surface area contributed by atoms with Gasteiger partial charge in [0.1, 0.15) is 5.25 Å². The Hall–Kier alpha value is -1.89. The molecule has 0 spiro atoms. The van der Waals surface area contributed by atoms with Crippen LogP contribution in [0.5, 0.6) is 0 Å². The second-order valence-corrected chi connectivity index (χ2v) is 4.61. The van der Waals surface area contributed by atoms with E-state index >= 15 is 0 Å². The van der Waals surface area contributed by atoms with E-state index in [1.165, 1.54) is 0 Å². The van der Waals surface area contributed by atoms with Crippen LogP contribution in [-0.2, 0) is 4.79 Å². The van der Waals surface area contributed by atoms with Crippen molar-refractivity contribution in [1.82, 2.24) is 20.2 Å². The first kappa shape index (κ1) is 11.6. The monoisotopic (exact) mass is 250 g/mol. The molecule has 0 saturated heterocycles. The highest BCUT2D eigenvalue weighted by atomic mass is 32.2. The van der Waals surface area contributed by atoms with E-state index in [0.717, 1.165) is 17.3 Å². The largest absolute Gasteiger partial charge is 0.480 e. The molecule has 0 bridgehead atoms. The Morgan fingerprint density at radius 1 is 1.47 bits per heavy atom. The van der Waals surface area contributed by atoms with E-state index in [9.17, 15) is 4.79 Å². The van der Waals surface area contributed by atoms with Crippen LogP contribution in [0.3, 0.4) is 0 Å². The van der Waals surface area contributed by atoms with Gasteiger partial charge in [-0.05, 0) is 19.1 Å². The zero-order valence-electron chi connectivity index (χ0n) is 8.99. The standard InChI is InChI=1S/C10H10N4O2S/c1-6(9(15)16)17-10-12-8(13-14-10)7-2-4-11-5-3-7/h2-6H,1H3,(H,15,16)(H,12,13,14). The van der Waals surface area contributed by atoms with E-state index in [-0.39, 0.29) is 0 Å². The van der Waals surface area contributed by atoms with E-state index in [1.807, 2.05) is 0 Å². The van der Waals surface area contributed by atoms with Crippen LogP contribution in [-0.4, -0.2) is 36.5 Å². The molecule has 17 heavy (non-hydrogen) atoms. The summed E-state index contributed by atoms with van der Waals surface area (Å²) in [6.07, 6.45) is 3.31. The number of carbonyl (C=O) groups is 1. The maximum Gasteiger partial charge on any atom is 0.316 e. The molecule has 88 valence electrons. The zero-order valence-corrected chi connectivity index (χ0v) is 9.81. The summed E-state index contributed by atoms with van der Waals surface area (Å²) >= 11 is 1.10. The zero-order chi connectivity index (χ0) is 12.3. The highest BCUT2D eigenvalue weighted by Crippen LogP contribution is 2.22. The number of aliphatic carboxylic acids is 1. The van der Waals surface area contributed by atoms with Gasteiger partial charge in [0.15, 0.2) is 5.82 Å². The van der Waals surface area contributed by atoms with E-state index in [1.54, 1.807) is 31.5 Å². The lowest BCUT2D eigenvalue weighted by atomic mass is 10.3. The topological polar surface area (TPSA) is 91.8 Å². The van der Waals surface area contributed by atoms with Crippen LogP contribution in [0.15, 0.2) is 29.7 Å². The van der Waals surface area contributed by atoms with Gasteiger partial charge in [0.25, 0.3) is 0 Å². The van der Waals surface area contributed by atoms with E-state index in [2.05, 4.69) is 20.2 Å². The summed E-state index contributed by atoms with van der Waals surface area (Å²) in [7, 11) is 0. The van der Waals surface area contributed by atoms with Gasteiger partial charge < -0.3 is 5.11 Å². The second kappa shape index (κ2) is 4.96. The molecule has 0 radical (unpaired) electrons. The highest BCUT2D eigenvalue weighted by molar-refractivity contribution is 8.00. The Morgan fingerprint density at radius 3 is 2.82 bits per heavy atom. The van der Waals surface area contributed by atoms with Crippen LogP contribution in [0.2, 0.25) is 0 Å². The molecule has 2 N–H and O–H groups in total. The van der Waals surface area contributed by atoms with Gasteiger partial charge in [0.2, 0.25) is 5.16 Å². The van der Waals surface area contributed by atoms with Gasteiger partial charge in [-0.25, -0.2) is 4.98 Å². The minimum atomic E-state index is -0.884. The average molecular weight is 250 g/mol. The van der Waals surface area contributed by atoms with Crippen molar-refractivity contribution in [3.05, 3.63) is 24.5 Å². The number of carboxylic acids is 1. The number of hydrogen-bond acceptors (Lipinski definition) is 5. The van der Waals surface area contributed by atoms with Gasteiger partial charge in [0, 0.05) is 18.0 Å². The number of carboxylic acid groups (broad SMARTS) is 1. The molecule has 0 aromatic carbocycles. The fraction of sp³-hybridized carbons (Fsp3) is 0.200. The molecule has 6 nitrogen and oxygen atoms in total. The third-order valence-corrected chi connectivity index (χ3v) is 3.00. The van der Waals surface area contributed by atoms with Gasteiger partial charge in [-0.15, -0.1) is 5.10 Å². The van der Waals surface area contributed by atoms with Crippen LogP contribution >= 0.6 is 11.8 Å². The third-order valence-electron chi connectivity index (χ3n) is 2.05. The van der Waals surface area contributed by atoms with Gasteiger partial charge in [-0.3, -0.25) is 14.9 Å². The van der Waals surface area contributed by atoms with Gasteiger partial charge in [0.05, 0.1) is 0 Å². The van der Waals surface area contributed by atoms with E-state index in [0.29, 0.717) is 11.0 Å². The lowest BCUT2D eigenvalue weighted by molar-refractivity contribution is -0.136. The molecule has 7 heteroatoms. The van der Waals surface area contributed by atoms with Crippen molar-refractivity contribution in [1.29, 1.82) is 0 Å². The summed E-state index contributed by atoms with van der Waals surface area (Å²) in [4.78, 5) is 18.8. The van der Waals surface area contributed by atoms with E-state index in [4.69, 9.17) is 5.11 Å². The summed E-state index contributed by atoms with van der Waals surface area (Å²) < 4.78 is 0. The number of nitrogens with zero attached hydrogens (tertiary/aromatic N) is 3. The normalized spacial score (nSPS) is 12.3. The summed E-state index contributed by atoms with van der Waals surface area (Å²) in [6, 6.07) is 3.60. The van der Waals surface area contributed by atoms with Crippen molar-refractivity contribution in [2.75, 3.05) is 0 Å². The lowest BCUT2D eigenvalue weighted by Gasteiger charge is -1.99. The number of H-pyrrole nitrogens is 1. The molecule has 0 saturated carbocycles. The number of hydrogen-bond donors (Lipinski definition) is 2. The molecule has 1 atom stereocenters. The fourth-order valence-corrected chi connectivity index (χ4v) is 1.81. The smallest absolute Gasteiger partial charge is 0.316 e. The Bertz CT molecular complexity index is 514. The number of rotatable bonds is 4. The number of nitrogens with one attached hydrogen (secondary N) is 1. The Labute approximate surface area is 101 Å². The van der Waals surface area contributed by atoms with Crippen molar-refractivity contribution < 1.29 is 9.90 Å².